The van der Waals surface area contributed by atoms with Crippen LogP contribution in [0.25, 0.3) is 0 Å². The lowest BCUT2D eigenvalue weighted by atomic mass is 10.5. The Morgan fingerprint density at radius 1 is 1.50 bits per heavy atom. The van der Waals surface area contributed by atoms with Crippen LogP contribution in [-0.2, 0) is 6.42 Å². The second-order valence-electron chi connectivity index (χ2n) is 1.85. The molecule has 0 radical (unpaired) electrons. The highest BCUT2D eigenvalue weighted by Crippen LogP contribution is 2.10. The summed E-state index contributed by atoms with van der Waals surface area (Å²) in [4.78, 5) is 4.21. The summed E-state index contributed by atoms with van der Waals surface area (Å²) < 4.78 is 0. The molecule has 1 N–H and O–H groups in total. The van der Waals surface area contributed by atoms with Crippen molar-refractivity contribution in [2.75, 3.05) is 5.75 Å². The first-order valence-corrected chi connectivity index (χ1v) is 4.39. The minimum Gasteiger partial charge on any atom is -0.262 e. The van der Waals surface area contributed by atoms with Crippen molar-refractivity contribution in [3.05, 3.63) is 5.82 Å². The van der Waals surface area contributed by atoms with Crippen molar-refractivity contribution in [1.82, 2.24) is 15.2 Å². The Labute approximate surface area is 64.6 Å². The van der Waals surface area contributed by atoms with Gasteiger partial charge in [0.1, 0.15) is 5.82 Å². The van der Waals surface area contributed by atoms with Gasteiger partial charge in [0, 0.05) is 6.42 Å². The maximum Gasteiger partial charge on any atom is 0.208 e. The summed E-state index contributed by atoms with van der Waals surface area (Å²) in [5.41, 5.74) is 0. The molecule has 0 aliphatic heterocycles. The Kier molecular flexibility index (Phi) is 2.74. The lowest BCUT2D eigenvalue weighted by molar-refractivity contribution is 0.941. The molecule has 0 spiro atoms. The van der Waals surface area contributed by atoms with E-state index in [0.717, 1.165) is 23.2 Å². The lowest BCUT2D eigenvalue weighted by Crippen LogP contribution is -1.80. The van der Waals surface area contributed by atoms with Gasteiger partial charge in [-0.15, -0.1) is 5.10 Å². The number of aromatic nitrogens is 3. The highest BCUT2D eigenvalue weighted by molar-refractivity contribution is 7.99. The van der Waals surface area contributed by atoms with E-state index in [9.17, 15) is 0 Å². The van der Waals surface area contributed by atoms with Gasteiger partial charge in [-0.1, -0.05) is 25.6 Å². The quantitative estimate of drug-likeness (QED) is 0.676. The summed E-state index contributed by atoms with van der Waals surface area (Å²) in [7, 11) is 0. The molecule has 0 aromatic carbocycles. The number of nitrogens with zero attached hydrogens (tertiary/aromatic N) is 2. The van der Waals surface area contributed by atoms with Crippen LogP contribution in [0.15, 0.2) is 5.16 Å². The van der Waals surface area contributed by atoms with E-state index in [1.54, 1.807) is 11.8 Å². The molecule has 0 amide bonds. The topological polar surface area (TPSA) is 41.6 Å². The van der Waals surface area contributed by atoms with Gasteiger partial charge >= 0.3 is 0 Å². The van der Waals surface area contributed by atoms with E-state index in [-0.39, 0.29) is 0 Å². The fourth-order valence-electron chi connectivity index (χ4n) is 0.630. The fraction of sp³-hybridized carbons (Fsp3) is 0.667. The number of hydrogen-bond acceptors (Lipinski definition) is 3. The SMILES string of the molecule is CCSc1n[nH]c(CC)n1. The van der Waals surface area contributed by atoms with Crippen LogP contribution < -0.4 is 0 Å². The molecule has 10 heavy (non-hydrogen) atoms. The first-order chi connectivity index (χ1) is 4.86. The Hall–Kier alpha value is -0.510. The number of H-pyrrole nitrogens is 1. The zero-order valence-electron chi connectivity index (χ0n) is 6.22. The minimum atomic E-state index is 0.861. The Balaban J connectivity index is 2.59. The molecular formula is C6H11N3S. The number of aromatic amines is 1. The van der Waals surface area contributed by atoms with Crippen molar-refractivity contribution in [3.8, 4) is 0 Å². The second-order valence-corrected chi connectivity index (χ2v) is 3.08. The molecule has 1 aromatic rings. The lowest BCUT2D eigenvalue weighted by Gasteiger charge is -1.84. The molecule has 1 rings (SSSR count). The largest absolute Gasteiger partial charge is 0.262 e. The summed E-state index contributed by atoms with van der Waals surface area (Å²) >= 11 is 1.66. The maximum atomic E-state index is 4.21. The van der Waals surface area contributed by atoms with Gasteiger partial charge in [-0.05, 0) is 5.75 Å². The third-order valence-electron chi connectivity index (χ3n) is 1.12. The Morgan fingerprint density at radius 3 is 2.80 bits per heavy atom. The Morgan fingerprint density at radius 2 is 2.30 bits per heavy atom. The molecule has 0 atom stereocenters. The highest BCUT2D eigenvalue weighted by atomic mass is 32.2. The zero-order valence-corrected chi connectivity index (χ0v) is 7.03. The number of nitrogens with one attached hydrogen (secondary N) is 1. The van der Waals surface area contributed by atoms with Gasteiger partial charge in [0.05, 0.1) is 0 Å². The maximum absolute atomic E-state index is 4.21. The summed E-state index contributed by atoms with van der Waals surface area (Å²) in [6, 6.07) is 0. The molecular weight excluding hydrogens is 146 g/mol. The van der Waals surface area contributed by atoms with E-state index < -0.39 is 0 Å². The van der Waals surface area contributed by atoms with Gasteiger partial charge in [0.25, 0.3) is 0 Å². The molecule has 0 saturated heterocycles. The van der Waals surface area contributed by atoms with Crippen molar-refractivity contribution in [2.24, 2.45) is 0 Å². The van der Waals surface area contributed by atoms with Crippen molar-refractivity contribution >= 4 is 11.8 Å². The minimum absolute atomic E-state index is 0.861. The molecule has 0 unspecified atom stereocenters. The second kappa shape index (κ2) is 3.61. The molecule has 56 valence electrons. The number of hydrogen-bond donors (Lipinski definition) is 1. The normalized spacial score (nSPS) is 10.2. The average molecular weight is 157 g/mol. The summed E-state index contributed by atoms with van der Waals surface area (Å²) in [6.45, 7) is 4.15. The van der Waals surface area contributed by atoms with Crippen LogP contribution in [0.4, 0.5) is 0 Å². The van der Waals surface area contributed by atoms with Crippen LogP contribution in [0.1, 0.15) is 19.7 Å². The van der Waals surface area contributed by atoms with Gasteiger partial charge < -0.3 is 0 Å². The van der Waals surface area contributed by atoms with Gasteiger partial charge in [-0.3, -0.25) is 5.10 Å². The molecule has 0 saturated carbocycles. The predicted octanol–water partition coefficient (Wildman–Crippen LogP) is 1.48. The molecule has 0 aliphatic carbocycles. The van der Waals surface area contributed by atoms with Crippen molar-refractivity contribution in [2.45, 2.75) is 25.4 Å². The third-order valence-corrected chi connectivity index (χ3v) is 1.85. The van der Waals surface area contributed by atoms with Crippen molar-refractivity contribution in [1.29, 1.82) is 0 Å². The van der Waals surface area contributed by atoms with Gasteiger partial charge in [0.2, 0.25) is 5.16 Å². The molecule has 0 bridgehead atoms. The van der Waals surface area contributed by atoms with E-state index in [0.29, 0.717) is 0 Å². The number of rotatable bonds is 3. The van der Waals surface area contributed by atoms with E-state index in [1.807, 2.05) is 0 Å². The van der Waals surface area contributed by atoms with E-state index in [2.05, 4.69) is 29.0 Å². The highest BCUT2D eigenvalue weighted by Gasteiger charge is 1.98. The summed E-state index contributed by atoms with van der Waals surface area (Å²) in [5, 5.41) is 7.72. The number of thioether (sulfide) groups is 1. The van der Waals surface area contributed by atoms with Crippen molar-refractivity contribution < 1.29 is 0 Å². The number of aryl methyl sites for hydroxylation is 1. The molecule has 0 aliphatic rings. The van der Waals surface area contributed by atoms with Crippen LogP contribution in [0.5, 0.6) is 0 Å². The van der Waals surface area contributed by atoms with Crippen LogP contribution >= 0.6 is 11.8 Å². The van der Waals surface area contributed by atoms with Crippen LogP contribution in [0, 0.1) is 0 Å². The first-order valence-electron chi connectivity index (χ1n) is 3.40. The van der Waals surface area contributed by atoms with E-state index >= 15 is 0 Å². The first kappa shape index (κ1) is 7.60. The Bertz CT molecular complexity index is 197. The third kappa shape index (κ3) is 1.73. The zero-order chi connectivity index (χ0) is 7.40. The standard InChI is InChI=1S/C6H11N3S/c1-3-5-7-6(9-8-5)10-4-2/h3-4H2,1-2H3,(H,7,8,9). The monoisotopic (exact) mass is 157 g/mol. The van der Waals surface area contributed by atoms with Crippen LogP contribution in [0.2, 0.25) is 0 Å². The fourth-order valence-corrected chi connectivity index (χ4v) is 1.17. The smallest absolute Gasteiger partial charge is 0.208 e. The molecule has 1 heterocycles. The van der Waals surface area contributed by atoms with Gasteiger partial charge in [-0.2, -0.15) is 0 Å². The van der Waals surface area contributed by atoms with Crippen molar-refractivity contribution in [3.63, 3.8) is 0 Å². The predicted molar refractivity (Wildman–Crippen MR) is 42.2 cm³/mol. The van der Waals surface area contributed by atoms with E-state index in [4.69, 9.17) is 0 Å². The molecule has 3 nitrogen and oxygen atoms in total. The molecule has 4 heteroatoms. The van der Waals surface area contributed by atoms with Crippen LogP contribution in [-0.4, -0.2) is 20.9 Å². The van der Waals surface area contributed by atoms with E-state index in [1.165, 1.54) is 0 Å². The van der Waals surface area contributed by atoms with Gasteiger partial charge in [0.15, 0.2) is 0 Å². The summed E-state index contributed by atoms with van der Waals surface area (Å²) in [6.07, 6.45) is 0.928. The molecule has 1 aromatic heterocycles. The average Bonchev–Trinajstić information content (AvgIpc) is 2.37. The summed E-state index contributed by atoms with van der Waals surface area (Å²) in [5.74, 6) is 2.00. The molecule has 0 fully saturated rings. The van der Waals surface area contributed by atoms with Gasteiger partial charge in [-0.25, -0.2) is 4.98 Å². The van der Waals surface area contributed by atoms with Crippen LogP contribution in [0.3, 0.4) is 0 Å².